The zero-order valence-corrected chi connectivity index (χ0v) is 17.7. The molecule has 1 amide bonds. The van der Waals surface area contributed by atoms with Crippen molar-refractivity contribution in [1.29, 1.82) is 0 Å². The zero-order chi connectivity index (χ0) is 21.3. The van der Waals surface area contributed by atoms with E-state index in [0.29, 0.717) is 37.0 Å². The molecule has 30 heavy (non-hydrogen) atoms. The third kappa shape index (κ3) is 4.41. The standard InChI is InChI=1S/C19H25N5O5S/c1-12-18(19(25)20-11-13-4-3-5-15(13)22-30(2,26)27)21-23-24(12)14-6-7-16-17(10-14)29-9-8-28-16/h6-7,10,13,15,22H,3-5,8-9,11H2,1-2H3,(H,20,25). The van der Waals surface area contributed by atoms with Gasteiger partial charge in [-0.2, -0.15) is 0 Å². The molecule has 4 rings (SSSR count). The maximum absolute atomic E-state index is 12.7. The van der Waals surface area contributed by atoms with Crippen LogP contribution >= 0.6 is 0 Å². The third-order valence-corrected chi connectivity index (χ3v) is 6.16. The van der Waals surface area contributed by atoms with Crippen molar-refractivity contribution >= 4 is 15.9 Å². The van der Waals surface area contributed by atoms with Gasteiger partial charge in [0.2, 0.25) is 10.0 Å². The first-order chi connectivity index (χ1) is 14.3. The van der Waals surface area contributed by atoms with E-state index in [0.717, 1.165) is 31.2 Å². The molecule has 11 heteroatoms. The van der Waals surface area contributed by atoms with Gasteiger partial charge in [-0.1, -0.05) is 11.6 Å². The zero-order valence-electron chi connectivity index (χ0n) is 16.9. The fraction of sp³-hybridized carbons (Fsp3) is 0.526. The molecule has 0 bridgehead atoms. The first-order valence-electron chi connectivity index (χ1n) is 9.89. The maximum atomic E-state index is 12.7. The van der Waals surface area contributed by atoms with Gasteiger partial charge >= 0.3 is 0 Å². The molecule has 10 nitrogen and oxygen atoms in total. The molecular weight excluding hydrogens is 410 g/mol. The number of carbonyl (C=O) groups is 1. The molecule has 2 heterocycles. The van der Waals surface area contributed by atoms with Crippen molar-refractivity contribution in [3.8, 4) is 17.2 Å². The van der Waals surface area contributed by atoms with Crippen molar-refractivity contribution in [2.24, 2.45) is 5.92 Å². The number of rotatable bonds is 6. The van der Waals surface area contributed by atoms with Gasteiger partial charge < -0.3 is 14.8 Å². The van der Waals surface area contributed by atoms with E-state index in [1.165, 1.54) is 0 Å². The second-order valence-corrected chi connectivity index (χ2v) is 9.44. The first kappa shape index (κ1) is 20.6. The summed E-state index contributed by atoms with van der Waals surface area (Å²) in [6, 6.07) is 5.28. The molecule has 1 saturated carbocycles. The highest BCUT2D eigenvalue weighted by Crippen LogP contribution is 2.32. The van der Waals surface area contributed by atoms with Gasteiger partial charge in [0.05, 0.1) is 17.6 Å². The van der Waals surface area contributed by atoms with E-state index in [2.05, 4.69) is 20.4 Å². The van der Waals surface area contributed by atoms with Crippen LogP contribution in [0, 0.1) is 12.8 Å². The Morgan fingerprint density at radius 2 is 2.00 bits per heavy atom. The predicted molar refractivity (Wildman–Crippen MR) is 109 cm³/mol. The Morgan fingerprint density at radius 1 is 1.23 bits per heavy atom. The molecule has 2 N–H and O–H groups in total. The molecule has 0 saturated heterocycles. The van der Waals surface area contributed by atoms with Crippen LogP contribution in [0.4, 0.5) is 0 Å². The lowest BCUT2D eigenvalue weighted by Gasteiger charge is -2.20. The topological polar surface area (TPSA) is 124 Å². The lowest BCUT2D eigenvalue weighted by Crippen LogP contribution is -2.41. The first-order valence-corrected chi connectivity index (χ1v) is 11.8. The number of aromatic nitrogens is 3. The summed E-state index contributed by atoms with van der Waals surface area (Å²) >= 11 is 0. The number of hydrogen-bond donors (Lipinski definition) is 2. The van der Waals surface area contributed by atoms with Crippen molar-refractivity contribution in [3.63, 3.8) is 0 Å². The summed E-state index contributed by atoms with van der Waals surface area (Å²) in [5, 5.41) is 11.0. The minimum absolute atomic E-state index is 0.0526. The molecule has 2 aromatic rings. The molecule has 0 radical (unpaired) electrons. The lowest BCUT2D eigenvalue weighted by molar-refractivity contribution is 0.0940. The number of ether oxygens (including phenoxy) is 2. The second kappa shape index (κ2) is 8.23. The van der Waals surface area contributed by atoms with Crippen LogP contribution in [0.5, 0.6) is 11.5 Å². The summed E-state index contributed by atoms with van der Waals surface area (Å²) < 4.78 is 38.4. The largest absolute Gasteiger partial charge is 0.486 e. The number of fused-ring (bicyclic) bond motifs is 1. The normalized spacial score (nSPS) is 20.9. The van der Waals surface area contributed by atoms with Crippen LogP contribution in [0.2, 0.25) is 0 Å². The summed E-state index contributed by atoms with van der Waals surface area (Å²) in [7, 11) is -3.28. The smallest absolute Gasteiger partial charge is 0.273 e. The van der Waals surface area contributed by atoms with Crippen molar-refractivity contribution in [2.75, 3.05) is 26.0 Å². The summed E-state index contributed by atoms with van der Waals surface area (Å²) in [5.41, 5.74) is 1.55. The Labute approximate surface area is 175 Å². The number of nitrogens with one attached hydrogen (secondary N) is 2. The highest BCUT2D eigenvalue weighted by atomic mass is 32.2. The van der Waals surface area contributed by atoms with E-state index in [9.17, 15) is 13.2 Å². The van der Waals surface area contributed by atoms with Crippen LogP contribution in [-0.4, -0.2) is 61.4 Å². The number of amides is 1. The molecule has 1 aliphatic carbocycles. The minimum atomic E-state index is -3.28. The van der Waals surface area contributed by atoms with E-state index in [1.807, 2.05) is 6.07 Å². The fourth-order valence-electron chi connectivity index (χ4n) is 3.97. The fourth-order valence-corrected chi connectivity index (χ4v) is 4.83. The molecule has 162 valence electrons. The molecule has 1 aromatic heterocycles. The Morgan fingerprint density at radius 3 is 2.77 bits per heavy atom. The molecular formula is C19H25N5O5S. The van der Waals surface area contributed by atoms with Crippen molar-refractivity contribution in [2.45, 2.75) is 32.2 Å². The van der Waals surface area contributed by atoms with Gasteiger partial charge in [0, 0.05) is 18.7 Å². The van der Waals surface area contributed by atoms with E-state index in [1.54, 1.807) is 23.7 Å². The van der Waals surface area contributed by atoms with Gasteiger partial charge in [0.15, 0.2) is 17.2 Å². The van der Waals surface area contributed by atoms with Crippen molar-refractivity contribution in [3.05, 3.63) is 29.6 Å². The van der Waals surface area contributed by atoms with Gasteiger partial charge in [-0.25, -0.2) is 17.8 Å². The highest BCUT2D eigenvalue weighted by Gasteiger charge is 2.30. The van der Waals surface area contributed by atoms with Crippen LogP contribution in [0.15, 0.2) is 18.2 Å². The molecule has 1 aromatic carbocycles. The number of sulfonamides is 1. The predicted octanol–water partition coefficient (Wildman–Crippen LogP) is 0.795. The van der Waals surface area contributed by atoms with Gasteiger partial charge in [0.1, 0.15) is 13.2 Å². The molecule has 2 atom stereocenters. The average molecular weight is 436 g/mol. The van der Waals surface area contributed by atoms with Crippen LogP contribution < -0.4 is 19.5 Å². The highest BCUT2D eigenvalue weighted by molar-refractivity contribution is 7.88. The van der Waals surface area contributed by atoms with E-state index < -0.39 is 10.0 Å². The van der Waals surface area contributed by atoms with Crippen molar-refractivity contribution in [1.82, 2.24) is 25.0 Å². The molecule has 1 fully saturated rings. The van der Waals surface area contributed by atoms with Gasteiger partial charge in [-0.05, 0) is 37.8 Å². The monoisotopic (exact) mass is 435 g/mol. The number of nitrogens with zero attached hydrogens (tertiary/aromatic N) is 3. The molecule has 2 aliphatic rings. The summed E-state index contributed by atoms with van der Waals surface area (Å²) in [5.74, 6) is 1.03. The minimum Gasteiger partial charge on any atom is -0.486 e. The van der Waals surface area contributed by atoms with Crippen LogP contribution in [0.1, 0.15) is 35.4 Å². The Balaban J connectivity index is 1.44. The number of hydrogen-bond acceptors (Lipinski definition) is 7. The summed E-state index contributed by atoms with van der Waals surface area (Å²) in [6.45, 7) is 3.15. The molecule has 2 unspecified atom stereocenters. The number of carbonyl (C=O) groups excluding carboxylic acids is 1. The Kier molecular flexibility index (Phi) is 5.65. The Hall–Kier alpha value is -2.66. The average Bonchev–Trinajstić information content (AvgIpc) is 3.30. The third-order valence-electron chi connectivity index (χ3n) is 5.43. The molecule has 1 aliphatic heterocycles. The SMILES string of the molecule is Cc1c(C(=O)NCC2CCCC2NS(C)(=O)=O)nnn1-c1ccc2c(c1)OCCO2. The second-order valence-electron chi connectivity index (χ2n) is 7.66. The lowest BCUT2D eigenvalue weighted by atomic mass is 10.0. The van der Waals surface area contributed by atoms with E-state index in [4.69, 9.17) is 9.47 Å². The van der Waals surface area contributed by atoms with Crippen LogP contribution in [0.3, 0.4) is 0 Å². The summed E-state index contributed by atoms with van der Waals surface area (Å²) in [6.07, 6.45) is 3.71. The van der Waals surface area contributed by atoms with Crippen molar-refractivity contribution < 1.29 is 22.7 Å². The van der Waals surface area contributed by atoms with E-state index in [-0.39, 0.29) is 23.6 Å². The maximum Gasteiger partial charge on any atom is 0.273 e. The van der Waals surface area contributed by atoms with Gasteiger partial charge in [-0.3, -0.25) is 4.79 Å². The van der Waals surface area contributed by atoms with Gasteiger partial charge in [-0.15, -0.1) is 5.10 Å². The van der Waals surface area contributed by atoms with Crippen LogP contribution in [0.25, 0.3) is 5.69 Å². The number of benzene rings is 1. The quantitative estimate of drug-likeness (QED) is 0.687. The Bertz CT molecular complexity index is 1050. The van der Waals surface area contributed by atoms with Gasteiger partial charge in [0.25, 0.3) is 5.91 Å². The molecule has 0 spiro atoms. The summed E-state index contributed by atoms with van der Waals surface area (Å²) in [4.78, 5) is 12.7. The van der Waals surface area contributed by atoms with E-state index >= 15 is 0 Å². The van der Waals surface area contributed by atoms with Crippen LogP contribution in [-0.2, 0) is 10.0 Å².